The number of primary amides is 1. The van der Waals surface area contributed by atoms with Crippen LogP contribution >= 0.6 is 0 Å². The highest BCUT2D eigenvalue weighted by Crippen LogP contribution is 2.79. The van der Waals surface area contributed by atoms with Crippen LogP contribution in [0.1, 0.15) is 145 Å². The molecule has 7 aliphatic rings. The van der Waals surface area contributed by atoms with E-state index in [0.717, 1.165) is 122 Å². The van der Waals surface area contributed by atoms with Gasteiger partial charge in [0.15, 0.2) is 0 Å². The quantitative estimate of drug-likeness (QED) is 0.124. The van der Waals surface area contributed by atoms with Crippen LogP contribution in [0.4, 0.5) is 0 Å². The molecule has 3 N–H and O–H groups in total. The van der Waals surface area contributed by atoms with Gasteiger partial charge in [-0.05, 0) is 131 Å². The normalized spacial score (nSPS) is 44.1. The zero-order chi connectivity index (χ0) is 41.2. The Hall–Kier alpha value is -2.52. The number of ether oxygens (including phenoxy) is 2. The number of hydrogen-bond donors (Lipinski definition) is 2. The van der Waals surface area contributed by atoms with Crippen LogP contribution in [-0.4, -0.2) is 78.9 Å². The van der Waals surface area contributed by atoms with Gasteiger partial charge in [-0.1, -0.05) is 66.2 Å². The van der Waals surface area contributed by atoms with Crippen molar-refractivity contribution in [3.05, 3.63) is 24.8 Å². The second-order valence-corrected chi connectivity index (χ2v) is 21.8. The molecule has 0 bridgehead atoms. The molecule has 1 heterocycles. The van der Waals surface area contributed by atoms with Gasteiger partial charge in [-0.15, -0.1) is 6.58 Å². The third kappa shape index (κ3) is 6.79. The number of nitrogens with two attached hydrogens (primary N) is 1. The SMILES string of the molecule is C=CCC1(C)C(OC(=O)CC(C)(C)C(N)=O)CCC2(C)C1CCC1(C)C2CCC2(N=C(C)C)C3CCCC3(C(=O)NC3C=CC(CN4CCOCC4)C3)CCC12C. The van der Waals surface area contributed by atoms with Crippen molar-refractivity contribution in [1.82, 2.24) is 10.2 Å². The lowest BCUT2D eigenvalue weighted by Crippen LogP contribution is -2.73. The lowest BCUT2D eigenvalue weighted by molar-refractivity contribution is -0.254. The number of nitrogens with zero attached hydrogens (tertiary/aromatic N) is 2. The van der Waals surface area contributed by atoms with Gasteiger partial charge >= 0.3 is 5.97 Å². The monoisotopic (exact) mass is 789 g/mol. The number of hydrogen-bond acceptors (Lipinski definition) is 7. The van der Waals surface area contributed by atoms with Crippen LogP contribution in [0.5, 0.6) is 0 Å². The van der Waals surface area contributed by atoms with E-state index >= 15 is 0 Å². The predicted octanol–water partition coefficient (Wildman–Crippen LogP) is 8.21. The van der Waals surface area contributed by atoms with Crippen molar-refractivity contribution in [2.45, 2.75) is 163 Å². The second-order valence-electron chi connectivity index (χ2n) is 21.8. The maximum absolute atomic E-state index is 14.9. The van der Waals surface area contributed by atoms with Crippen molar-refractivity contribution >= 4 is 23.5 Å². The molecule has 0 spiro atoms. The highest BCUT2D eigenvalue weighted by molar-refractivity contribution is 5.86. The van der Waals surface area contributed by atoms with Gasteiger partial charge in [0.2, 0.25) is 11.8 Å². The number of rotatable bonds is 11. The maximum Gasteiger partial charge on any atom is 0.307 e. The first-order valence-corrected chi connectivity index (χ1v) is 22.7. The van der Waals surface area contributed by atoms with Crippen molar-refractivity contribution in [3.63, 3.8) is 0 Å². The molecule has 0 aromatic heterocycles. The van der Waals surface area contributed by atoms with Gasteiger partial charge in [0.05, 0.1) is 36.0 Å². The Labute approximate surface area is 344 Å². The number of amides is 2. The molecule has 0 aromatic carbocycles. The van der Waals surface area contributed by atoms with E-state index in [1.807, 2.05) is 6.08 Å². The minimum Gasteiger partial charge on any atom is -0.462 e. The molecule has 318 valence electrons. The fourth-order valence-electron chi connectivity index (χ4n) is 15.3. The summed E-state index contributed by atoms with van der Waals surface area (Å²) in [4.78, 5) is 48.8. The molecule has 12 unspecified atom stereocenters. The molecule has 0 aromatic rings. The van der Waals surface area contributed by atoms with Crippen molar-refractivity contribution in [2.75, 3.05) is 32.8 Å². The Bertz CT molecular complexity index is 1650. The Morgan fingerprint density at radius 1 is 0.947 bits per heavy atom. The first kappa shape index (κ1) is 42.6. The van der Waals surface area contributed by atoms with Crippen LogP contribution in [0.2, 0.25) is 0 Å². The molecular weight excluding hydrogens is 713 g/mol. The molecule has 57 heavy (non-hydrogen) atoms. The van der Waals surface area contributed by atoms with Crippen LogP contribution in [0.25, 0.3) is 0 Å². The van der Waals surface area contributed by atoms with Crippen molar-refractivity contribution in [2.24, 2.45) is 66.9 Å². The summed E-state index contributed by atoms with van der Waals surface area (Å²) in [5.41, 5.74) is 4.90. The molecule has 1 saturated heterocycles. The lowest BCUT2D eigenvalue weighted by atomic mass is 9.30. The summed E-state index contributed by atoms with van der Waals surface area (Å²) in [6, 6.07) is 0.0947. The summed E-state index contributed by atoms with van der Waals surface area (Å²) in [5, 5.41) is 3.64. The third-order valence-corrected chi connectivity index (χ3v) is 18.3. The summed E-state index contributed by atoms with van der Waals surface area (Å²) < 4.78 is 12.0. The number of morpholine rings is 1. The van der Waals surface area contributed by atoms with Crippen LogP contribution < -0.4 is 11.1 Å². The van der Waals surface area contributed by atoms with Gasteiger partial charge in [-0.3, -0.25) is 24.3 Å². The number of carbonyl (C=O) groups is 3. The molecule has 6 aliphatic carbocycles. The number of carbonyl (C=O) groups excluding carboxylic acids is 3. The Morgan fingerprint density at radius 2 is 1.67 bits per heavy atom. The minimum atomic E-state index is -0.956. The molecule has 2 amide bonds. The van der Waals surface area contributed by atoms with Gasteiger partial charge in [0.1, 0.15) is 6.10 Å². The van der Waals surface area contributed by atoms with E-state index in [9.17, 15) is 14.4 Å². The van der Waals surface area contributed by atoms with E-state index in [2.05, 4.69) is 70.5 Å². The van der Waals surface area contributed by atoms with E-state index in [1.165, 1.54) is 0 Å². The van der Waals surface area contributed by atoms with Gasteiger partial charge < -0.3 is 20.5 Å². The molecule has 0 radical (unpaired) electrons. The van der Waals surface area contributed by atoms with Gasteiger partial charge in [0, 0.05) is 36.8 Å². The van der Waals surface area contributed by atoms with Crippen LogP contribution in [0.3, 0.4) is 0 Å². The molecule has 5 saturated carbocycles. The Balaban J connectivity index is 1.14. The lowest BCUT2D eigenvalue weighted by Gasteiger charge is -2.75. The summed E-state index contributed by atoms with van der Waals surface area (Å²) >= 11 is 0. The average Bonchev–Trinajstić information content (AvgIpc) is 3.78. The highest BCUT2D eigenvalue weighted by Gasteiger charge is 2.76. The largest absolute Gasteiger partial charge is 0.462 e. The summed E-state index contributed by atoms with van der Waals surface area (Å²) in [6.07, 6.45) is 19.3. The van der Waals surface area contributed by atoms with Crippen LogP contribution in [0, 0.1) is 56.2 Å². The number of fused-ring (bicyclic) bond motifs is 7. The molecule has 9 heteroatoms. The van der Waals surface area contributed by atoms with E-state index in [-0.39, 0.29) is 69.0 Å². The van der Waals surface area contributed by atoms with Crippen molar-refractivity contribution < 1.29 is 23.9 Å². The predicted molar refractivity (Wildman–Crippen MR) is 226 cm³/mol. The first-order valence-electron chi connectivity index (χ1n) is 22.7. The maximum atomic E-state index is 14.9. The van der Waals surface area contributed by atoms with E-state index < -0.39 is 11.3 Å². The van der Waals surface area contributed by atoms with E-state index in [0.29, 0.717) is 17.8 Å². The summed E-state index contributed by atoms with van der Waals surface area (Å²) in [5.74, 6) is 0.991. The Kier molecular flexibility index (Phi) is 11.4. The number of esters is 1. The van der Waals surface area contributed by atoms with Crippen LogP contribution in [-0.2, 0) is 23.9 Å². The van der Waals surface area contributed by atoms with Crippen LogP contribution in [0.15, 0.2) is 29.8 Å². The van der Waals surface area contributed by atoms with E-state index in [4.69, 9.17) is 20.2 Å². The zero-order valence-corrected chi connectivity index (χ0v) is 36.9. The molecular formula is C48H76N4O5. The number of allylic oxidation sites excluding steroid dienone is 1. The van der Waals surface area contributed by atoms with Crippen molar-refractivity contribution in [1.29, 1.82) is 0 Å². The van der Waals surface area contributed by atoms with Gasteiger partial charge in [-0.25, -0.2) is 0 Å². The van der Waals surface area contributed by atoms with Crippen molar-refractivity contribution in [3.8, 4) is 0 Å². The van der Waals surface area contributed by atoms with E-state index in [1.54, 1.807) is 13.8 Å². The topological polar surface area (TPSA) is 123 Å². The summed E-state index contributed by atoms with van der Waals surface area (Å²) in [6.45, 7) is 26.8. The van der Waals surface area contributed by atoms with Gasteiger partial charge in [-0.2, -0.15) is 0 Å². The first-order chi connectivity index (χ1) is 26.8. The summed E-state index contributed by atoms with van der Waals surface area (Å²) in [7, 11) is 0. The smallest absolute Gasteiger partial charge is 0.307 e. The third-order valence-electron chi connectivity index (χ3n) is 18.3. The van der Waals surface area contributed by atoms with Gasteiger partial charge in [0.25, 0.3) is 0 Å². The Morgan fingerprint density at radius 3 is 2.35 bits per heavy atom. The molecule has 1 aliphatic heterocycles. The number of nitrogens with one attached hydrogen (secondary N) is 1. The zero-order valence-electron chi connectivity index (χ0n) is 36.9. The molecule has 9 nitrogen and oxygen atoms in total. The molecule has 6 fully saturated rings. The molecule has 12 atom stereocenters. The number of aliphatic imine (C=N–C) groups is 1. The standard InChI is InChI=1S/C48H76N4O5/c1-10-18-44(7)35-15-21-45(8)36(43(35,6)20-17-38(44)57-39(53)30-42(4,5)40(49)54)16-22-48(51-32(2)3)37-12-11-19-47(37,24-23-46(45,48)9)41(55)50-34-14-13-33(29-34)31-52-25-27-56-28-26-52/h10,13-14,33-38H,1,11-12,15-31H2,2-9H3,(H2,49,54)(H,50,55). The fraction of sp³-hybridized carbons (Fsp3) is 0.833. The molecule has 7 rings (SSSR count). The fourth-order valence-corrected chi connectivity index (χ4v) is 15.3. The highest BCUT2D eigenvalue weighted by atomic mass is 16.5. The average molecular weight is 789 g/mol. The minimum absolute atomic E-state index is 0.0169. The second kappa shape index (κ2) is 15.2.